The van der Waals surface area contributed by atoms with Crippen LogP contribution >= 0.6 is 0 Å². The molecule has 7 nitrogen and oxygen atoms in total. The number of carbonyl (C=O) groups is 2. The number of ether oxygens (including phenoxy) is 1. The van der Waals surface area contributed by atoms with Gasteiger partial charge in [0.1, 0.15) is 6.04 Å². The first-order valence-corrected chi connectivity index (χ1v) is 6.55. The molecule has 110 valence electrons. The maximum atomic E-state index is 12.3. The Hall–Kier alpha value is -1.89. The van der Waals surface area contributed by atoms with Crippen LogP contribution < -0.4 is 0 Å². The molecule has 20 heavy (non-hydrogen) atoms. The topological polar surface area (TPSA) is 95.5 Å². The monoisotopic (exact) mass is 281 g/mol. The van der Waals surface area contributed by atoms with Gasteiger partial charge in [0.15, 0.2) is 0 Å². The molecule has 0 saturated heterocycles. The molecule has 1 aromatic heterocycles. The predicted molar refractivity (Wildman–Crippen MR) is 69.9 cm³/mol. The van der Waals surface area contributed by atoms with E-state index in [0.717, 1.165) is 11.4 Å². The second-order valence-corrected chi connectivity index (χ2v) is 5.17. The molecule has 1 amide bonds. The van der Waals surface area contributed by atoms with Gasteiger partial charge in [-0.3, -0.25) is 4.79 Å². The number of hydrogen-bond acceptors (Lipinski definition) is 4. The molecule has 2 unspecified atom stereocenters. The first-order chi connectivity index (χ1) is 9.52. The highest BCUT2D eigenvalue weighted by atomic mass is 16.5. The van der Waals surface area contributed by atoms with Crippen LogP contribution in [0.25, 0.3) is 0 Å². The summed E-state index contributed by atoms with van der Waals surface area (Å²) in [6.45, 7) is 2.65. The fraction of sp³-hybridized carbons (Fsp3) is 0.615. The normalized spacial score (nSPS) is 19.5. The first kappa shape index (κ1) is 14.5. The lowest BCUT2D eigenvalue weighted by atomic mass is 10.0. The van der Waals surface area contributed by atoms with Gasteiger partial charge < -0.3 is 19.7 Å². The Morgan fingerprint density at radius 3 is 3.05 bits per heavy atom. The number of fused-ring (bicyclic) bond motifs is 1. The number of imidazole rings is 1. The highest BCUT2D eigenvalue weighted by molar-refractivity contribution is 5.84. The van der Waals surface area contributed by atoms with Gasteiger partial charge in [-0.2, -0.15) is 0 Å². The van der Waals surface area contributed by atoms with Gasteiger partial charge in [0.25, 0.3) is 0 Å². The third kappa shape index (κ3) is 2.98. The Morgan fingerprint density at radius 1 is 1.65 bits per heavy atom. The minimum Gasteiger partial charge on any atom is -0.480 e. The van der Waals surface area contributed by atoms with Crippen molar-refractivity contribution < 1.29 is 19.4 Å². The number of carboxylic acids is 1. The average molecular weight is 281 g/mol. The number of carboxylic acid groups (broad SMARTS) is 1. The minimum atomic E-state index is -0.994. The number of aliphatic carboxylic acids is 1. The number of rotatable bonds is 5. The van der Waals surface area contributed by atoms with Crippen LogP contribution in [-0.2, 0) is 27.3 Å². The van der Waals surface area contributed by atoms with Crippen LogP contribution in [-0.4, -0.2) is 51.6 Å². The van der Waals surface area contributed by atoms with Crippen molar-refractivity contribution in [1.29, 1.82) is 0 Å². The highest BCUT2D eigenvalue weighted by Crippen LogP contribution is 2.22. The van der Waals surface area contributed by atoms with E-state index in [0.29, 0.717) is 6.61 Å². The van der Waals surface area contributed by atoms with Crippen LogP contribution in [0.5, 0.6) is 0 Å². The Balaban J connectivity index is 2.12. The lowest BCUT2D eigenvalue weighted by Crippen LogP contribution is -2.49. The number of methoxy groups -OCH3 is 1. The van der Waals surface area contributed by atoms with E-state index in [-0.39, 0.29) is 31.2 Å². The molecule has 0 aliphatic carbocycles. The third-order valence-electron chi connectivity index (χ3n) is 3.48. The van der Waals surface area contributed by atoms with E-state index in [1.807, 2.05) is 6.92 Å². The fourth-order valence-corrected chi connectivity index (χ4v) is 2.48. The number of aromatic nitrogens is 2. The summed E-state index contributed by atoms with van der Waals surface area (Å²) in [5.74, 6) is -1.10. The van der Waals surface area contributed by atoms with E-state index in [9.17, 15) is 14.7 Å². The number of nitrogens with one attached hydrogen (secondary N) is 1. The molecule has 1 aliphatic heterocycles. The molecular formula is C13H19N3O4. The summed E-state index contributed by atoms with van der Waals surface area (Å²) < 4.78 is 5.01. The second-order valence-electron chi connectivity index (χ2n) is 5.17. The molecule has 2 heterocycles. The van der Waals surface area contributed by atoms with Gasteiger partial charge in [-0.25, -0.2) is 9.78 Å². The number of hydrogen-bond donors (Lipinski definition) is 2. The van der Waals surface area contributed by atoms with Crippen LogP contribution in [0.3, 0.4) is 0 Å². The van der Waals surface area contributed by atoms with Gasteiger partial charge in [0.2, 0.25) is 5.91 Å². The molecule has 0 radical (unpaired) electrons. The number of carbonyl (C=O) groups excluding carboxylic acids is 1. The summed E-state index contributed by atoms with van der Waals surface area (Å²) in [5, 5.41) is 9.30. The van der Waals surface area contributed by atoms with E-state index in [2.05, 4.69) is 9.97 Å². The Kier molecular flexibility index (Phi) is 4.39. The summed E-state index contributed by atoms with van der Waals surface area (Å²) in [5.41, 5.74) is 1.54. The average Bonchev–Trinajstić information content (AvgIpc) is 2.84. The van der Waals surface area contributed by atoms with Gasteiger partial charge in [-0.05, 0) is 5.92 Å². The summed E-state index contributed by atoms with van der Waals surface area (Å²) in [6.07, 6.45) is 2.06. The van der Waals surface area contributed by atoms with E-state index >= 15 is 0 Å². The van der Waals surface area contributed by atoms with E-state index < -0.39 is 12.0 Å². The molecule has 0 saturated carbocycles. The minimum absolute atomic E-state index is 0.0603. The van der Waals surface area contributed by atoms with E-state index in [1.54, 1.807) is 7.11 Å². The largest absolute Gasteiger partial charge is 0.480 e. The molecule has 1 aromatic rings. The van der Waals surface area contributed by atoms with Crippen molar-refractivity contribution in [2.75, 3.05) is 13.7 Å². The number of nitrogens with zero attached hydrogens (tertiary/aromatic N) is 2. The molecule has 2 atom stereocenters. The van der Waals surface area contributed by atoms with Crippen LogP contribution in [0, 0.1) is 5.92 Å². The smallest absolute Gasteiger partial charge is 0.326 e. The van der Waals surface area contributed by atoms with Crippen molar-refractivity contribution >= 4 is 11.9 Å². The molecular weight excluding hydrogens is 262 g/mol. The van der Waals surface area contributed by atoms with Crippen LogP contribution in [0.4, 0.5) is 0 Å². The Labute approximate surface area is 116 Å². The number of aromatic amines is 1. The van der Waals surface area contributed by atoms with Crippen molar-refractivity contribution in [3.8, 4) is 0 Å². The number of amides is 1. The fourth-order valence-electron chi connectivity index (χ4n) is 2.48. The Morgan fingerprint density at radius 2 is 2.40 bits per heavy atom. The van der Waals surface area contributed by atoms with Crippen LogP contribution in [0.2, 0.25) is 0 Å². The van der Waals surface area contributed by atoms with Crippen molar-refractivity contribution in [3.63, 3.8) is 0 Å². The van der Waals surface area contributed by atoms with Gasteiger partial charge in [-0.15, -0.1) is 0 Å². The SMILES string of the molecule is COCC(C)CC(=O)N1Cc2[nH]cnc2CC1C(=O)O. The third-order valence-corrected chi connectivity index (χ3v) is 3.48. The standard InChI is InChI=1S/C13H19N3O4/c1-8(6-20-2)3-12(17)16-5-10-9(14-7-15-10)4-11(16)13(18)19/h7-8,11H,3-6H2,1-2H3,(H,14,15)(H,18,19). The lowest BCUT2D eigenvalue weighted by Gasteiger charge is -2.33. The van der Waals surface area contributed by atoms with Crippen LogP contribution in [0.15, 0.2) is 6.33 Å². The summed E-state index contributed by atoms with van der Waals surface area (Å²) in [7, 11) is 1.58. The first-order valence-electron chi connectivity index (χ1n) is 6.55. The van der Waals surface area contributed by atoms with Crippen molar-refractivity contribution in [2.24, 2.45) is 5.92 Å². The van der Waals surface area contributed by atoms with Gasteiger partial charge in [0, 0.05) is 26.6 Å². The predicted octanol–water partition coefficient (Wildman–Crippen LogP) is 0.420. The summed E-state index contributed by atoms with van der Waals surface area (Å²) in [4.78, 5) is 32.1. The highest BCUT2D eigenvalue weighted by Gasteiger charge is 2.36. The number of H-pyrrole nitrogens is 1. The quantitative estimate of drug-likeness (QED) is 0.815. The molecule has 0 aromatic carbocycles. The zero-order valence-corrected chi connectivity index (χ0v) is 11.6. The molecule has 7 heteroatoms. The van der Waals surface area contributed by atoms with Crippen LogP contribution in [0.1, 0.15) is 24.7 Å². The molecule has 0 spiro atoms. The lowest BCUT2D eigenvalue weighted by molar-refractivity contribution is -0.152. The summed E-state index contributed by atoms with van der Waals surface area (Å²) in [6, 6.07) is -0.840. The second kappa shape index (κ2) is 6.04. The molecule has 1 aliphatic rings. The van der Waals surface area contributed by atoms with Crippen molar-refractivity contribution in [1.82, 2.24) is 14.9 Å². The maximum Gasteiger partial charge on any atom is 0.326 e. The van der Waals surface area contributed by atoms with Gasteiger partial charge >= 0.3 is 5.97 Å². The van der Waals surface area contributed by atoms with Crippen molar-refractivity contribution in [3.05, 3.63) is 17.7 Å². The molecule has 0 bridgehead atoms. The summed E-state index contributed by atoms with van der Waals surface area (Å²) >= 11 is 0. The van der Waals surface area contributed by atoms with Gasteiger partial charge in [0.05, 0.1) is 24.3 Å². The maximum absolute atomic E-state index is 12.3. The zero-order valence-electron chi connectivity index (χ0n) is 11.6. The zero-order chi connectivity index (χ0) is 14.7. The van der Waals surface area contributed by atoms with E-state index in [1.165, 1.54) is 11.2 Å². The molecule has 0 fully saturated rings. The van der Waals surface area contributed by atoms with Crippen molar-refractivity contribution in [2.45, 2.75) is 32.4 Å². The molecule has 2 N–H and O–H groups in total. The van der Waals surface area contributed by atoms with Gasteiger partial charge in [-0.1, -0.05) is 6.92 Å². The molecule has 2 rings (SSSR count). The van der Waals surface area contributed by atoms with E-state index in [4.69, 9.17) is 4.74 Å². The Bertz CT molecular complexity index is 500.